The van der Waals surface area contributed by atoms with Crippen LogP contribution in [0, 0.1) is 0 Å². The number of aromatic nitrogens is 2. The predicted molar refractivity (Wildman–Crippen MR) is 98.2 cm³/mol. The van der Waals surface area contributed by atoms with Gasteiger partial charge in [0.25, 0.3) is 0 Å². The van der Waals surface area contributed by atoms with Gasteiger partial charge in [-0.3, -0.25) is 0 Å². The Morgan fingerprint density at radius 2 is 2.00 bits per heavy atom. The third kappa shape index (κ3) is 4.26. The minimum atomic E-state index is 0.308. The Hall–Kier alpha value is -1.63. The first-order valence-electron chi connectivity index (χ1n) is 8.17. The first kappa shape index (κ1) is 17.2. The van der Waals surface area contributed by atoms with Crippen molar-refractivity contribution in [2.75, 3.05) is 18.7 Å². The van der Waals surface area contributed by atoms with Gasteiger partial charge in [-0.1, -0.05) is 12.1 Å². The lowest BCUT2D eigenvalue weighted by Gasteiger charge is -2.32. The first-order chi connectivity index (χ1) is 11.7. The molecule has 0 atom stereocenters. The first-order valence-corrected chi connectivity index (χ1v) is 9.39. The van der Waals surface area contributed by atoms with Gasteiger partial charge in [0.15, 0.2) is 5.82 Å². The normalized spacial score (nSPS) is 19.8. The molecule has 3 rings (SSSR count). The third-order valence-corrected chi connectivity index (χ3v) is 5.03. The maximum atomic E-state index is 5.91. The van der Waals surface area contributed by atoms with Gasteiger partial charge in [-0.2, -0.15) is 0 Å². The van der Waals surface area contributed by atoms with E-state index in [1.54, 1.807) is 18.9 Å². The molecule has 1 aliphatic rings. The fraction of sp³-hybridized carbons (Fsp3) is 0.444. The SMILES string of the molecule is COCc1nc(NCc2ccc(SC)cc2)cc(C2CC(N)C2)n1. The second-order valence-corrected chi connectivity index (χ2v) is 7.04. The molecule has 1 fully saturated rings. The van der Waals surface area contributed by atoms with Gasteiger partial charge in [0.2, 0.25) is 0 Å². The van der Waals surface area contributed by atoms with Crippen molar-refractivity contribution in [1.29, 1.82) is 0 Å². The standard InChI is InChI=1S/C18H24N4OS/c1-23-11-18-21-16(13-7-14(19)8-13)9-17(22-18)20-10-12-3-5-15(24-2)6-4-12/h3-6,9,13-14H,7-8,10-11,19H2,1-2H3,(H,20,21,22). The summed E-state index contributed by atoms with van der Waals surface area (Å²) in [4.78, 5) is 10.4. The van der Waals surface area contributed by atoms with Crippen LogP contribution in [0.3, 0.4) is 0 Å². The molecule has 6 heteroatoms. The third-order valence-electron chi connectivity index (χ3n) is 4.29. The van der Waals surface area contributed by atoms with Crippen LogP contribution in [0.4, 0.5) is 5.82 Å². The average molecular weight is 344 g/mol. The van der Waals surface area contributed by atoms with Crippen LogP contribution in [0.5, 0.6) is 0 Å². The fourth-order valence-electron chi connectivity index (χ4n) is 2.85. The van der Waals surface area contributed by atoms with Crippen molar-refractivity contribution in [3.05, 3.63) is 47.4 Å². The highest BCUT2D eigenvalue weighted by atomic mass is 32.2. The summed E-state index contributed by atoms with van der Waals surface area (Å²) in [5.74, 6) is 2.01. The van der Waals surface area contributed by atoms with Crippen LogP contribution in [0.2, 0.25) is 0 Å². The smallest absolute Gasteiger partial charge is 0.156 e. The van der Waals surface area contributed by atoms with Crippen LogP contribution in [-0.4, -0.2) is 29.4 Å². The number of ether oxygens (including phenoxy) is 1. The zero-order chi connectivity index (χ0) is 16.9. The van der Waals surface area contributed by atoms with Crippen LogP contribution in [0.1, 0.15) is 35.8 Å². The Labute approximate surface area is 147 Å². The monoisotopic (exact) mass is 344 g/mol. The summed E-state index contributed by atoms with van der Waals surface area (Å²) in [6, 6.07) is 10.9. The topological polar surface area (TPSA) is 73.1 Å². The van der Waals surface area contributed by atoms with Crippen molar-refractivity contribution in [3.8, 4) is 0 Å². The molecule has 1 aliphatic carbocycles. The Bertz CT molecular complexity index is 671. The number of benzene rings is 1. The van der Waals surface area contributed by atoms with Crippen molar-refractivity contribution in [2.24, 2.45) is 5.73 Å². The fourth-order valence-corrected chi connectivity index (χ4v) is 3.26. The Balaban J connectivity index is 1.70. The summed E-state index contributed by atoms with van der Waals surface area (Å²) in [7, 11) is 1.66. The molecule has 24 heavy (non-hydrogen) atoms. The van der Waals surface area contributed by atoms with Crippen LogP contribution in [0.15, 0.2) is 35.2 Å². The maximum absolute atomic E-state index is 5.91. The summed E-state index contributed by atoms with van der Waals surface area (Å²) in [5.41, 5.74) is 8.21. The molecular weight excluding hydrogens is 320 g/mol. The van der Waals surface area contributed by atoms with Crippen LogP contribution in [-0.2, 0) is 17.9 Å². The highest BCUT2D eigenvalue weighted by Gasteiger charge is 2.29. The summed E-state index contributed by atoms with van der Waals surface area (Å²) in [5, 5.41) is 3.41. The zero-order valence-corrected chi connectivity index (χ0v) is 15.0. The molecule has 0 radical (unpaired) electrons. The van der Waals surface area contributed by atoms with Gasteiger partial charge in [-0.15, -0.1) is 11.8 Å². The molecule has 3 N–H and O–H groups in total. The van der Waals surface area contributed by atoms with Gasteiger partial charge in [-0.25, -0.2) is 9.97 Å². The van der Waals surface area contributed by atoms with E-state index in [0.29, 0.717) is 18.6 Å². The number of hydrogen-bond donors (Lipinski definition) is 2. The largest absolute Gasteiger partial charge is 0.377 e. The van der Waals surface area contributed by atoms with Gasteiger partial charge < -0.3 is 15.8 Å². The van der Waals surface area contributed by atoms with E-state index in [0.717, 1.165) is 36.7 Å². The molecule has 5 nitrogen and oxygen atoms in total. The minimum Gasteiger partial charge on any atom is -0.377 e. The minimum absolute atomic E-state index is 0.308. The van der Waals surface area contributed by atoms with E-state index >= 15 is 0 Å². The molecule has 0 saturated heterocycles. The van der Waals surface area contributed by atoms with Crippen molar-refractivity contribution in [3.63, 3.8) is 0 Å². The Kier molecular flexibility index (Phi) is 5.71. The van der Waals surface area contributed by atoms with E-state index in [1.165, 1.54) is 10.5 Å². The molecule has 0 spiro atoms. The highest BCUT2D eigenvalue weighted by molar-refractivity contribution is 7.98. The maximum Gasteiger partial charge on any atom is 0.156 e. The zero-order valence-electron chi connectivity index (χ0n) is 14.2. The van der Waals surface area contributed by atoms with Gasteiger partial charge in [0, 0.05) is 42.3 Å². The number of nitrogens with zero attached hydrogens (tertiary/aromatic N) is 2. The van der Waals surface area contributed by atoms with Gasteiger partial charge in [0.1, 0.15) is 12.4 Å². The summed E-state index contributed by atoms with van der Waals surface area (Å²) in [6.45, 7) is 1.16. The molecule has 1 aromatic heterocycles. The van der Waals surface area contributed by atoms with Gasteiger partial charge >= 0.3 is 0 Å². The molecule has 2 aromatic rings. The lowest BCUT2D eigenvalue weighted by atomic mass is 9.78. The van der Waals surface area contributed by atoms with E-state index in [4.69, 9.17) is 10.5 Å². The number of anilines is 1. The van der Waals surface area contributed by atoms with E-state index in [1.807, 2.05) is 6.07 Å². The van der Waals surface area contributed by atoms with Crippen molar-refractivity contribution in [1.82, 2.24) is 9.97 Å². The van der Waals surface area contributed by atoms with Gasteiger partial charge in [-0.05, 0) is 36.8 Å². The van der Waals surface area contributed by atoms with Crippen molar-refractivity contribution in [2.45, 2.75) is 42.8 Å². The molecule has 128 valence electrons. The van der Waals surface area contributed by atoms with Gasteiger partial charge in [0.05, 0.1) is 0 Å². The summed E-state index contributed by atoms with van der Waals surface area (Å²) >= 11 is 1.75. The molecule has 0 bridgehead atoms. The molecule has 1 aromatic carbocycles. The van der Waals surface area contributed by atoms with E-state index in [-0.39, 0.29) is 0 Å². The summed E-state index contributed by atoms with van der Waals surface area (Å²) in [6.07, 6.45) is 4.08. The van der Waals surface area contributed by atoms with Crippen LogP contribution < -0.4 is 11.1 Å². The number of nitrogens with one attached hydrogen (secondary N) is 1. The van der Waals surface area contributed by atoms with E-state index < -0.39 is 0 Å². The van der Waals surface area contributed by atoms with Crippen LogP contribution in [0.25, 0.3) is 0 Å². The average Bonchev–Trinajstić information content (AvgIpc) is 2.58. The molecule has 0 aliphatic heterocycles. The number of rotatable bonds is 7. The number of thioether (sulfide) groups is 1. The molecule has 1 saturated carbocycles. The van der Waals surface area contributed by atoms with Crippen molar-refractivity contribution >= 4 is 17.6 Å². The van der Waals surface area contributed by atoms with Crippen LogP contribution >= 0.6 is 11.8 Å². The second kappa shape index (κ2) is 7.96. The summed E-state index contributed by atoms with van der Waals surface area (Å²) < 4.78 is 5.20. The van der Waals surface area contributed by atoms with Crippen molar-refractivity contribution < 1.29 is 4.74 Å². The Morgan fingerprint density at radius 1 is 1.25 bits per heavy atom. The highest BCUT2D eigenvalue weighted by Crippen LogP contribution is 2.35. The Morgan fingerprint density at radius 3 is 2.62 bits per heavy atom. The second-order valence-electron chi connectivity index (χ2n) is 6.16. The number of methoxy groups -OCH3 is 1. The number of nitrogens with two attached hydrogens (primary N) is 1. The van der Waals surface area contributed by atoms with E-state index in [9.17, 15) is 0 Å². The molecular formula is C18H24N4OS. The van der Waals surface area contributed by atoms with E-state index in [2.05, 4.69) is 45.8 Å². The lowest BCUT2D eigenvalue weighted by Crippen LogP contribution is -2.35. The quantitative estimate of drug-likeness (QED) is 0.752. The number of hydrogen-bond acceptors (Lipinski definition) is 6. The molecule has 0 amide bonds. The predicted octanol–water partition coefficient (Wildman–Crippen LogP) is 3.16. The molecule has 1 heterocycles. The lowest BCUT2D eigenvalue weighted by molar-refractivity contribution is 0.177. The molecule has 0 unspecified atom stereocenters.